The predicted octanol–water partition coefficient (Wildman–Crippen LogP) is 3.68. The normalized spacial score (nSPS) is 16.9. The van der Waals surface area contributed by atoms with Crippen molar-refractivity contribution in [1.82, 2.24) is 4.83 Å². The fourth-order valence-corrected chi connectivity index (χ4v) is 3.76. The minimum Gasteiger partial charge on any atom is -0.200 e. The van der Waals surface area contributed by atoms with Crippen LogP contribution in [0.1, 0.15) is 16.7 Å². The lowest BCUT2D eigenvalue weighted by molar-refractivity contribution is 0.584. The maximum Gasteiger partial charge on any atom is 0.276 e. The molecule has 25 heavy (non-hydrogen) atoms. The van der Waals surface area contributed by atoms with Crippen LogP contribution in [0.4, 0.5) is 0 Å². The Bertz CT molecular complexity index is 1070. The van der Waals surface area contributed by atoms with Crippen molar-refractivity contribution >= 4 is 27.4 Å². The van der Waals surface area contributed by atoms with Crippen LogP contribution in [-0.4, -0.2) is 14.1 Å². The molecule has 0 radical (unpaired) electrons. The topological polar surface area (TPSA) is 58.5 Å². The van der Waals surface area contributed by atoms with E-state index >= 15 is 0 Å². The summed E-state index contributed by atoms with van der Waals surface area (Å²) in [5.41, 5.74) is 5.84. The fraction of sp³-hybridized carbons (Fsp3) is 0.0500. The van der Waals surface area contributed by atoms with E-state index in [1.165, 1.54) is 0 Å². The average Bonchev–Trinajstić information content (AvgIpc) is 3.00. The SMILES string of the molecule is Cc1ccc(S(=O)(=O)NN=C2C=CC=C3C2=Cc2ccccc23)cc1. The summed E-state index contributed by atoms with van der Waals surface area (Å²) >= 11 is 0. The van der Waals surface area contributed by atoms with Gasteiger partial charge in [0, 0.05) is 5.57 Å². The van der Waals surface area contributed by atoms with Crippen LogP contribution in [0.2, 0.25) is 0 Å². The smallest absolute Gasteiger partial charge is 0.200 e. The molecule has 0 aromatic heterocycles. The molecule has 0 saturated carbocycles. The van der Waals surface area contributed by atoms with Gasteiger partial charge in [0.2, 0.25) is 0 Å². The molecule has 0 aliphatic heterocycles. The summed E-state index contributed by atoms with van der Waals surface area (Å²) in [5, 5.41) is 4.16. The molecule has 1 N–H and O–H groups in total. The molecule has 2 aliphatic carbocycles. The Morgan fingerprint density at radius 1 is 0.960 bits per heavy atom. The Hall–Kier alpha value is -2.92. The van der Waals surface area contributed by atoms with Gasteiger partial charge in [0.1, 0.15) is 0 Å². The van der Waals surface area contributed by atoms with Gasteiger partial charge in [0.15, 0.2) is 0 Å². The lowest BCUT2D eigenvalue weighted by atomic mass is 9.96. The van der Waals surface area contributed by atoms with Gasteiger partial charge < -0.3 is 0 Å². The van der Waals surface area contributed by atoms with Crippen LogP contribution in [0, 0.1) is 6.92 Å². The van der Waals surface area contributed by atoms with E-state index in [9.17, 15) is 8.42 Å². The molecule has 124 valence electrons. The van der Waals surface area contributed by atoms with E-state index in [0.29, 0.717) is 5.71 Å². The minimum absolute atomic E-state index is 0.196. The fourth-order valence-electron chi connectivity index (χ4n) is 2.94. The molecular formula is C20H16N2O2S. The molecule has 4 nitrogen and oxygen atoms in total. The van der Waals surface area contributed by atoms with Crippen molar-refractivity contribution in [2.24, 2.45) is 5.10 Å². The third-order valence-corrected chi connectivity index (χ3v) is 5.48. The molecule has 2 aromatic carbocycles. The molecular weight excluding hydrogens is 332 g/mol. The Labute approximate surface area is 147 Å². The molecule has 4 rings (SSSR count). The van der Waals surface area contributed by atoms with E-state index in [0.717, 1.165) is 27.8 Å². The van der Waals surface area contributed by atoms with Crippen molar-refractivity contribution in [2.45, 2.75) is 11.8 Å². The van der Waals surface area contributed by atoms with Gasteiger partial charge in [-0.25, -0.2) is 0 Å². The highest BCUT2D eigenvalue weighted by Gasteiger charge is 2.23. The van der Waals surface area contributed by atoms with Gasteiger partial charge in [-0.15, -0.1) is 0 Å². The monoisotopic (exact) mass is 348 g/mol. The van der Waals surface area contributed by atoms with Crippen LogP contribution in [0.5, 0.6) is 0 Å². The molecule has 0 spiro atoms. The molecule has 5 heteroatoms. The van der Waals surface area contributed by atoms with Gasteiger partial charge >= 0.3 is 0 Å². The van der Waals surface area contributed by atoms with Gasteiger partial charge in [0.05, 0.1) is 10.6 Å². The summed E-state index contributed by atoms with van der Waals surface area (Å²) in [6.07, 6.45) is 7.74. The summed E-state index contributed by atoms with van der Waals surface area (Å²) in [5.74, 6) is 0. The summed E-state index contributed by atoms with van der Waals surface area (Å²) in [6, 6.07) is 14.7. The van der Waals surface area contributed by atoms with Crippen molar-refractivity contribution in [2.75, 3.05) is 0 Å². The number of hydrogen-bond donors (Lipinski definition) is 1. The van der Waals surface area contributed by atoms with Crippen LogP contribution in [0.15, 0.2) is 82.3 Å². The third-order valence-electron chi connectivity index (χ3n) is 4.25. The zero-order valence-corrected chi connectivity index (χ0v) is 14.4. The minimum atomic E-state index is -3.69. The number of allylic oxidation sites excluding steroid dienone is 5. The maximum absolute atomic E-state index is 12.4. The molecule has 0 saturated heterocycles. The summed E-state index contributed by atoms with van der Waals surface area (Å²) < 4.78 is 24.8. The van der Waals surface area contributed by atoms with Gasteiger partial charge in [0.25, 0.3) is 10.0 Å². The Balaban J connectivity index is 1.64. The first-order valence-electron chi connectivity index (χ1n) is 7.91. The van der Waals surface area contributed by atoms with E-state index in [4.69, 9.17) is 0 Å². The molecule has 0 heterocycles. The van der Waals surface area contributed by atoms with E-state index < -0.39 is 10.0 Å². The first kappa shape index (κ1) is 15.6. The quantitative estimate of drug-likeness (QED) is 0.860. The van der Waals surface area contributed by atoms with Crippen LogP contribution in [0.3, 0.4) is 0 Å². The number of rotatable bonds is 3. The Morgan fingerprint density at radius 2 is 1.72 bits per heavy atom. The molecule has 0 bridgehead atoms. The van der Waals surface area contributed by atoms with Gasteiger partial charge in [-0.1, -0.05) is 54.1 Å². The lowest BCUT2D eigenvalue weighted by Gasteiger charge is -2.12. The second kappa shape index (κ2) is 5.86. The van der Waals surface area contributed by atoms with Crippen LogP contribution in [0.25, 0.3) is 11.6 Å². The number of nitrogens with one attached hydrogen (secondary N) is 1. The highest BCUT2D eigenvalue weighted by atomic mass is 32.2. The molecule has 0 amide bonds. The summed E-state index contributed by atoms with van der Waals surface area (Å²) in [6.45, 7) is 1.91. The molecule has 0 fully saturated rings. The zero-order chi connectivity index (χ0) is 17.4. The average molecular weight is 348 g/mol. The van der Waals surface area contributed by atoms with E-state index in [2.05, 4.69) is 16.0 Å². The second-order valence-electron chi connectivity index (χ2n) is 5.99. The van der Waals surface area contributed by atoms with E-state index in [-0.39, 0.29) is 4.90 Å². The largest absolute Gasteiger partial charge is 0.276 e. The van der Waals surface area contributed by atoms with Crippen LogP contribution < -0.4 is 4.83 Å². The van der Waals surface area contributed by atoms with Gasteiger partial charge in [-0.3, -0.25) is 0 Å². The van der Waals surface area contributed by atoms with Crippen molar-refractivity contribution < 1.29 is 8.42 Å². The van der Waals surface area contributed by atoms with Crippen LogP contribution >= 0.6 is 0 Å². The second-order valence-corrected chi connectivity index (χ2v) is 7.65. The Morgan fingerprint density at radius 3 is 2.52 bits per heavy atom. The number of sulfonamides is 1. The highest BCUT2D eigenvalue weighted by molar-refractivity contribution is 7.89. The standard InChI is InChI=1S/C20H16N2O2S/c1-14-9-11-16(12-10-14)25(23,24)22-21-20-8-4-7-18-17-6-3-2-5-15(17)13-19(18)20/h2-13,22H,1H3. The van der Waals surface area contributed by atoms with Gasteiger partial charge in [-0.05, 0) is 47.9 Å². The summed E-state index contributed by atoms with van der Waals surface area (Å²) in [7, 11) is -3.69. The Kier molecular flexibility index (Phi) is 3.66. The van der Waals surface area contributed by atoms with Crippen molar-refractivity contribution in [3.05, 3.63) is 89.0 Å². The van der Waals surface area contributed by atoms with Crippen molar-refractivity contribution in [3.8, 4) is 0 Å². The number of fused-ring (bicyclic) bond motifs is 3. The number of hydrogen-bond acceptors (Lipinski definition) is 3. The molecule has 0 atom stereocenters. The van der Waals surface area contributed by atoms with Crippen molar-refractivity contribution in [1.29, 1.82) is 0 Å². The van der Waals surface area contributed by atoms with E-state index in [1.54, 1.807) is 30.3 Å². The zero-order valence-electron chi connectivity index (χ0n) is 13.6. The summed E-state index contributed by atoms with van der Waals surface area (Å²) in [4.78, 5) is 2.54. The third kappa shape index (κ3) is 2.83. The molecule has 2 aromatic rings. The first-order chi connectivity index (χ1) is 12.0. The number of nitrogens with zero attached hydrogens (tertiary/aromatic N) is 1. The number of benzene rings is 2. The molecule has 0 unspecified atom stereocenters. The van der Waals surface area contributed by atoms with E-state index in [1.807, 2.05) is 43.4 Å². The van der Waals surface area contributed by atoms with Gasteiger partial charge in [-0.2, -0.15) is 18.4 Å². The first-order valence-corrected chi connectivity index (χ1v) is 9.39. The van der Waals surface area contributed by atoms with Crippen LogP contribution in [-0.2, 0) is 10.0 Å². The predicted molar refractivity (Wildman–Crippen MR) is 100 cm³/mol. The molecule has 2 aliphatic rings. The number of hydrazone groups is 1. The highest BCUT2D eigenvalue weighted by Crippen LogP contribution is 2.37. The lowest BCUT2D eigenvalue weighted by Crippen LogP contribution is -2.20. The maximum atomic E-state index is 12.4. The van der Waals surface area contributed by atoms with Crippen molar-refractivity contribution in [3.63, 3.8) is 0 Å². The number of aryl methyl sites for hydroxylation is 1.